The van der Waals surface area contributed by atoms with Crippen molar-refractivity contribution in [3.05, 3.63) is 0 Å². The van der Waals surface area contributed by atoms with Crippen LogP contribution < -0.4 is 5.32 Å². The lowest BCUT2D eigenvalue weighted by atomic mass is 9.97. The van der Waals surface area contributed by atoms with E-state index in [2.05, 4.69) is 34.0 Å². The number of esters is 1. The summed E-state index contributed by atoms with van der Waals surface area (Å²) in [6.45, 7) is 10.5. The van der Waals surface area contributed by atoms with E-state index >= 15 is 0 Å². The number of carbonyl (C=O) groups excluding carboxylic acids is 1. The molecule has 0 aromatic rings. The lowest BCUT2D eigenvalue weighted by Crippen LogP contribution is -2.46. The van der Waals surface area contributed by atoms with Gasteiger partial charge in [0.05, 0.1) is 13.0 Å². The maximum atomic E-state index is 11.6. The summed E-state index contributed by atoms with van der Waals surface area (Å²) < 4.78 is 4.83. The molecule has 1 N–H and O–H groups in total. The molecule has 1 fully saturated rings. The molecule has 6 nitrogen and oxygen atoms in total. The molecular formula is C17H35IN4O2. The third-order valence-electron chi connectivity index (χ3n) is 4.62. The van der Waals surface area contributed by atoms with Gasteiger partial charge in [0, 0.05) is 26.7 Å². The summed E-state index contributed by atoms with van der Waals surface area (Å²) >= 11 is 0. The van der Waals surface area contributed by atoms with Crippen LogP contribution in [0.4, 0.5) is 0 Å². The highest BCUT2D eigenvalue weighted by molar-refractivity contribution is 14.0. The monoisotopic (exact) mass is 454 g/mol. The van der Waals surface area contributed by atoms with Crippen molar-refractivity contribution in [1.82, 2.24) is 15.1 Å². The Balaban J connectivity index is 0.00000529. The predicted octanol–water partition coefficient (Wildman–Crippen LogP) is 2.19. The van der Waals surface area contributed by atoms with Crippen molar-refractivity contribution in [2.45, 2.75) is 39.5 Å². The minimum atomic E-state index is -0.0796. The number of aliphatic imine (C=N–C) groups is 1. The number of ether oxygens (including phenoxy) is 1. The Hall–Kier alpha value is -0.570. The van der Waals surface area contributed by atoms with E-state index in [1.54, 1.807) is 0 Å². The Labute approximate surface area is 164 Å². The number of nitrogens with one attached hydrogen (secondary N) is 1. The molecule has 1 heterocycles. The third-order valence-corrected chi connectivity index (χ3v) is 4.62. The number of piperidine rings is 1. The Morgan fingerprint density at radius 3 is 2.38 bits per heavy atom. The smallest absolute Gasteiger partial charge is 0.308 e. The molecule has 0 spiro atoms. The van der Waals surface area contributed by atoms with Crippen molar-refractivity contribution in [1.29, 1.82) is 0 Å². The molecule has 0 aromatic carbocycles. The Bertz CT molecular complexity index is 368. The van der Waals surface area contributed by atoms with Crippen LogP contribution in [-0.2, 0) is 9.53 Å². The van der Waals surface area contributed by atoms with Crippen LogP contribution in [0.2, 0.25) is 0 Å². The van der Waals surface area contributed by atoms with E-state index in [9.17, 15) is 4.79 Å². The first-order valence-corrected chi connectivity index (χ1v) is 8.92. The van der Waals surface area contributed by atoms with Gasteiger partial charge < -0.3 is 19.9 Å². The number of nitrogens with zero attached hydrogens (tertiary/aromatic N) is 3. The van der Waals surface area contributed by atoms with Gasteiger partial charge in [0.1, 0.15) is 0 Å². The molecule has 0 aliphatic carbocycles. The highest BCUT2D eigenvalue weighted by Gasteiger charge is 2.26. The summed E-state index contributed by atoms with van der Waals surface area (Å²) in [4.78, 5) is 20.6. The molecule has 0 bridgehead atoms. The molecule has 1 saturated heterocycles. The van der Waals surface area contributed by atoms with Crippen LogP contribution in [0.5, 0.6) is 0 Å². The molecule has 0 unspecified atom stereocenters. The van der Waals surface area contributed by atoms with E-state index in [0.717, 1.165) is 64.5 Å². The predicted molar refractivity (Wildman–Crippen MR) is 110 cm³/mol. The fraction of sp³-hybridized carbons (Fsp3) is 0.882. The number of rotatable bonds is 8. The molecule has 0 saturated carbocycles. The second kappa shape index (κ2) is 13.7. The number of hydrogen-bond acceptors (Lipinski definition) is 4. The van der Waals surface area contributed by atoms with Crippen molar-refractivity contribution in [3.63, 3.8) is 0 Å². The van der Waals surface area contributed by atoms with E-state index in [-0.39, 0.29) is 35.9 Å². The van der Waals surface area contributed by atoms with Crippen molar-refractivity contribution in [2.24, 2.45) is 10.9 Å². The molecule has 142 valence electrons. The van der Waals surface area contributed by atoms with Crippen LogP contribution in [-0.4, -0.2) is 75.2 Å². The van der Waals surface area contributed by atoms with Gasteiger partial charge >= 0.3 is 5.97 Å². The van der Waals surface area contributed by atoms with Crippen LogP contribution in [0.15, 0.2) is 4.99 Å². The molecular weight excluding hydrogens is 419 g/mol. The Kier molecular flexibility index (Phi) is 13.4. The fourth-order valence-corrected chi connectivity index (χ4v) is 3.03. The zero-order valence-corrected chi connectivity index (χ0v) is 18.0. The SMILES string of the molecule is CCN(CC)CCCCNC(=NC)N1CCC(C(=O)OC)CC1.I. The quantitative estimate of drug-likeness (QED) is 0.200. The van der Waals surface area contributed by atoms with Gasteiger partial charge in [-0.2, -0.15) is 0 Å². The third kappa shape index (κ3) is 8.00. The van der Waals surface area contributed by atoms with Gasteiger partial charge in [0.15, 0.2) is 5.96 Å². The Morgan fingerprint density at radius 2 is 1.88 bits per heavy atom. The highest BCUT2D eigenvalue weighted by Crippen LogP contribution is 2.18. The van der Waals surface area contributed by atoms with Gasteiger partial charge in [-0.25, -0.2) is 0 Å². The minimum absolute atomic E-state index is 0. The van der Waals surface area contributed by atoms with E-state index in [0.29, 0.717) is 0 Å². The summed E-state index contributed by atoms with van der Waals surface area (Å²) in [6.07, 6.45) is 4.04. The summed E-state index contributed by atoms with van der Waals surface area (Å²) in [6, 6.07) is 0. The summed E-state index contributed by atoms with van der Waals surface area (Å²) in [5.41, 5.74) is 0. The number of halogens is 1. The summed E-state index contributed by atoms with van der Waals surface area (Å²) in [7, 11) is 3.29. The molecule has 1 rings (SSSR count). The first kappa shape index (κ1) is 23.4. The number of methoxy groups -OCH3 is 1. The van der Waals surface area contributed by atoms with Crippen molar-refractivity contribution < 1.29 is 9.53 Å². The fourth-order valence-electron chi connectivity index (χ4n) is 3.03. The standard InChI is InChI=1S/C17H34N4O2.HI/c1-5-20(6-2)12-8-7-11-19-17(18-3)21-13-9-15(10-14-21)16(22)23-4;/h15H,5-14H2,1-4H3,(H,18,19);1H. The van der Waals surface area contributed by atoms with Crippen LogP contribution in [0.1, 0.15) is 39.5 Å². The van der Waals surface area contributed by atoms with E-state index in [4.69, 9.17) is 4.74 Å². The second-order valence-electron chi connectivity index (χ2n) is 5.99. The molecule has 0 amide bonds. The van der Waals surface area contributed by atoms with E-state index < -0.39 is 0 Å². The number of unbranched alkanes of at least 4 members (excludes halogenated alkanes) is 1. The lowest BCUT2D eigenvalue weighted by molar-refractivity contribution is -0.146. The first-order valence-electron chi connectivity index (χ1n) is 8.92. The molecule has 1 aliphatic heterocycles. The van der Waals surface area contributed by atoms with Crippen LogP contribution in [0.3, 0.4) is 0 Å². The second-order valence-corrected chi connectivity index (χ2v) is 5.99. The molecule has 0 aromatic heterocycles. The summed E-state index contributed by atoms with van der Waals surface area (Å²) in [5, 5.41) is 3.45. The summed E-state index contributed by atoms with van der Waals surface area (Å²) in [5.74, 6) is 0.920. The highest BCUT2D eigenvalue weighted by atomic mass is 127. The van der Waals surface area contributed by atoms with E-state index in [1.807, 2.05) is 7.05 Å². The molecule has 7 heteroatoms. The van der Waals surface area contributed by atoms with Crippen LogP contribution >= 0.6 is 24.0 Å². The van der Waals surface area contributed by atoms with Gasteiger partial charge in [-0.05, 0) is 45.3 Å². The number of guanidine groups is 1. The zero-order chi connectivity index (χ0) is 17.1. The van der Waals surface area contributed by atoms with Gasteiger partial charge in [-0.1, -0.05) is 13.8 Å². The van der Waals surface area contributed by atoms with Gasteiger partial charge in [0.2, 0.25) is 0 Å². The zero-order valence-electron chi connectivity index (χ0n) is 15.7. The lowest BCUT2D eigenvalue weighted by Gasteiger charge is -2.33. The van der Waals surface area contributed by atoms with Crippen LogP contribution in [0.25, 0.3) is 0 Å². The van der Waals surface area contributed by atoms with Crippen molar-refractivity contribution in [2.75, 3.05) is 53.4 Å². The minimum Gasteiger partial charge on any atom is -0.469 e. The van der Waals surface area contributed by atoms with Crippen molar-refractivity contribution >= 4 is 35.9 Å². The first-order chi connectivity index (χ1) is 11.2. The molecule has 0 radical (unpaired) electrons. The molecule has 1 aliphatic rings. The van der Waals surface area contributed by atoms with Crippen LogP contribution in [0, 0.1) is 5.92 Å². The molecule has 24 heavy (non-hydrogen) atoms. The Morgan fingerprint density at radius 1 is 1.25 bits per heavy atom. The van der Waals surface area contributed by atoms with Gasteiger partial charge in [-0.3, -0.25) is 9.79 Å². The maximum absolute atomic E-state index is 11.6. The van der Waals surface area contributed by atoms with Gasteiger partial charge in [0.25, 0.3) is 0 Å². The topological polar surface area (TPSA) is 57.2 Å². The number of likely N-dealkylation sites (tertiary alicyclic amines) is 1. The van der Waals surface area contributed by atoms with Gasteiger partial charge in [-0.15, -0.1) is 24.0 Å². The van der Waals surface area contributed by atoms with Crippen molar-refractivity contribution in [3.8, 4) is 0 Å². The van der Waals surface area contributed by atoms with E-state index in [1.165, 1.54) is 13.5 Å². The largest absolute Gasteiger partial charge is 0.469 e. The normalized spacial score (nSPS) is 16.0. The number of carbonyl (C=O) groups is 1. The average molecular weight is 454 g/mol. The number of hydrogen-bond donors (Lipinski definition) is 1. The molecule has 0 atom stereocenters. The maximum Gasteiger partial charge on any atom is 0.308 e. The average Bonchev–Trinajstić information content (AvgIpc) is 2.61.